The molecule has 43 heavy (non-hydrogen) atoms. The van der Waals surface area contributed by atoms with Gasteiger partial charge in [-0.25, -0.2) is 0 Å². The van der Waals surface area contributed by atoms with Gasteiger partial charge >= 0.3 is 0 Å². The summed E-state index contributed by atoms with van der Waals surface area (Å²) < 4.78 is 27.6. The number of hydrogen-bond donors (Lipinski definition) is 0. The number of rotatable bonds is 11. The summed E-state index contributed by atoms with van der Waals surface area (Å²) in [5.41, 5.74) is 2.69. The minimum Gasteiger partial charge on any atom is -0.493 e. The van der Waals surface area contributed by atoms with E-state index in [0.717, 1.165) is 17.5 Å². The van der Waals surface area contributed by atoms with Gasteiger partial charge in [0.05, 0.1) is 35.0 Å². The molecular weight excluding hydrogens is 572 g/mol. The van der Waals surface area contributed by atoms with Crippen LogP contribution in [-0.4, -0.2) is 82.8 Å². The fraction of sp³-hybridized carbons (Fsp3) is 0.333. The number of halogens is 1. The van der Waals surface area contributed by atoms with Gasteiger partial charge in [-0.3, -0.25) is 9.59 Å². The van der Waals surface area contributed by atoms with E-state index >= 15 is 0 Å². The number of carbonyl (C=O) groups excluding carboxylic acids is 2. The quantitative estimate of drug-likeness (QED) is 0.263. The lowest BCUT2D eigenvalue weighted by Crippen LogP contribution is -2.50. The molecule has 0 aromatic heterocycles. The van der Waals surface area contributed by atoms with E-state index in [4.69, 9.17) is 35.3 Å². The molecule has 0 saturated carbocycles. The number of nitrogens with zero attached hydrogens (tertiary/aromatic N) is 2. The van der Waals surface area contributed by atoms with Crippen LogP contribution in [0.5, 0.6) is 28.7 Å². The van der Waals surface area contributed by atoms with Crippen molar-refractivity contribution in [3.05, 3.63) is 82.4 Å². The SMILES string of the molecule is CCCOc1ccc(C(=CC(=O)N2CCN(C(=O)c3cc(OC)c(OC)c(OC)c3)CC2)c2cccc(Cl)c2)cc1OC. The van der Waals surface area contributed by atoms with Crippen LogP contribution in [-0.2, 0) is 4.79 Å². The first-order chi connectivity index (χ1) is 20.8. The lowest BCUT2D eigenvalue weighted by atomic mass is 9.96. The second kappa shape index (κ2) is 14.7. The van der Waals surface area contributed by atoms with Gasteiger partial charge in [-0.15, -0.1) is 0 Å². The van der Waals surface area contributed by atoms with Crippen molar-refractivity contribution in [2.24, 2.45) is 0 Å². The second-order valence-electron chi connectivity index (χ2n) is 9.81. The molecule has 0 aliphatic carbocycles. The Morgan fingerprint density at radius 1 is 0.744 bits per heavy atom. The highest BCUT2D eigenvalue weighted by molar-refractivity contribution is 6.30. The van der Waals surface area contributed by atoms with Crippen LogP contribution in [0.4, 0.5) is 0 Å². The maximum Gasteiger partial charge on any atom is 0.254 e. The molecule has 228 valence electrons. The molecule has 0 unspecified atom stereocenters. The third kappa shape index (κ3) is 7.35. The monoisotopic (exact) mass is 608 g/mol. The Labute approximate surface area is 257 Å². The second-order valence-corrected chi connectivity index (χ2v) is 10.3. The number of amides is 2. The molecule has 2 amide bonds. The van der Waals surface area contributed by atoms with Crippen molar-refractivity contribution >= 4 is 29.0 Å². The molecule has 3 aromatic carbocycles. The zero-order valence-electron chi connectivity index (χ0n) is 25.1. The summed E-state index contributed by atoms with van der Waals surface area (Å²) >= 11 is 6.33. The predicted molar refractivity (Wildman–Crippen MR) is 166 cm³/mol. The number of benzene rings is 3. The molecule has 1 saturated heterocycles. The van der Waals surface area contributed by atoms with Gasteiger partial charge < -0.3 is 33.5 Å². The predicted octanol–water partition coefficient (Wildman–Crippen LogP) is 5.58. The normalized spacial score (nSPS) is 13.4. The molecule has 10 heteroatoms. The number of piperazine rings is 1. The molecule has 1 fully saturated rings. The minimum absolute atomic E-state index is 0.167. The molecule has 9 nitrogen and oxygen atoms in total. The minimum atomic E-state index is -0.181. The van der Waals surface area contributed by atoms with E-state index in [0.29, 0.717) is 77.7 Å². The van der Waals surface area contributed by atoms with E-state index in [2.05, 4.69) is 0 Å². The van der Waals surface area contributed by atoms with Crippen LogP contribution >= 0.6 is 11.6 Å². The molecule has 0 atom stereocenters. The summed E-state index contributed by atoms with van der Waals surface area (Å²) in [6.45, 7) is 4.11. The fourth-order valence-corrected chi connectivity index (χ4v) is 5.08. The number of ether oxygens (including phenoxy) is 5. The third-order valence-corrected chi connectivity index (χ3v) is 7.37. The largest absolute Gasteiger partial charge is 0.493 e. The first-order valence-corrected chi connectivity index (χ1v) is 14.4. The topological polar surface area (TPSA) is 86.8 Å². The van der Waals surface area contributed by atoms with Gasteiger partial charge in [-0.1, -0.05) is 36.7 Å². The van der Waals surface area contributed by atoms with Crippen molar-refractivity contribution in [1.29, 1.82) is 0 Å². The van der Waals surface area contributed by atoms with Crippen LogP contribution in [0.2, 0.25) is 5.02 Å². The van der Waals surface area contributed by atoms with Crippen LogP contribution < -0.4 is 23.7 Å². The molecule has 1 aliphatic heterocycles. The van der Waals surface area contributed by atoms with E-state index in [1.165, 1.54) is 21.3 Å². The van der Waals surface area contributed by atoms with E-state index < -0.39 is 0 Å². The van der Waals surface area contributed by atoms with E-state index in [1.54, 1.807) is 41.2 Å². The van der Waals surface area contributed by atoms with Crippen LogP contribution in [0.1, 0.15) is 34.8 Å². The van der Waals surface area contributed by atoms with Gasteiger partial charge in [0.15, 0.2) is 23.0 Å². The van der Waals surface area contributed by atoms with Gasteiger partial charge in [0.25, 0.3) is 5.91 Å². The van der Waals surface area contributed by atoms with Gasteiger partial charge in [0, 0.05) is 42.8 Å². The third-order valence-electron chi connectivity index (χ3n) is 7.13. The van der Waals surface area contributed by atoms with Gasteiger partial charge in [-0.05, 0) is 59.5 Å². The molecule has 0 N–H and O–H groups in total. The standard InChI is InChI=1S/C33H37ClN2O7/c1-6-16-43-27-11-10-23(18-28(27)39-2)26(22-8-7-9-25(34)17-22)21-31(37)35-12-14-36(15-13-35)33(38)24-19-29(40-3)32(42-5)30(20-24)41-4/h7-11,17-21H,6,12-16H2,1-5H3. The molecule has 0 spiro atoms. The van der Waals surface area contributed by atoms with Gasteiger partial charge in [0.2, 0.25) is 11.7 Å². The molecule has 1 aliphatic rings. The summed E-state index contributed by atoms with van der Waals surface area (Å²) in [5, 5.41) is 0.560. The van der Waals surface area contributed by atoms with Crippen LogP contribution in [0.15, 0.2) is 60.7 Å². The highest BCUT2D eigenvalue weighted by Crippen LogP contribution is 2.39. The van der Waals surface area contributed by atoms with Gasteiger partial charge in [0.1, 0.15) is 0 Å². The summed E-state index contributed by atoms with van der Waals surface area (Å²) in [6.07, 6.45) is 2.48. The molecule has 0 radical (unpaired) electrons. The van der Waals surface area contributed by atoms with Crippen molar-refractivity contribution < 1.29 is 33.3 Å². The molecule has 3 aromatic rings. The maximum atomic E-state index is 13.6. The summed E-state index contributed by atoms with van der Waals surface area (Å²) in [6, 6.07) is 16.2. The first kappa shape index (κ1) is 31.6. The average Bonchev–Trinajstić information content (AvgIpc) is 3.04. The van der Waals surface area contributed by atoms with E-state index in [1.807, 2.05) is 43.3 Å². The first-order valence-electron chi connectivity index (χ1n) is 14.0. The van der Waals surface area contributed by atoms with Crippen molar-refractivity contribution in [3.63, 3.8) is 0 Å². The Morgan fingerprint density at radius 3 is 1.93 bits per heavy atom. The van der Waals surface area contributed by atoms with Crippen molar-refractivity contribution in [2.75, 3.05) is 61.2 Å². The van der Waals surface area contributed by atoms with Crippen molar-refractivity contribution in [2.45, 2.75) is 13.3 Å². The number of methoxy groups -OCH3 is 4. The van der Waals surface area contributed by atoms with Gasteiger partial charge in [-0.2, -0.15) is 0 Å². The number of hydrogen-bond acceptors (Lipinski definition) is 7. The highest BCUT2D eigenvalue weighted by Gasteiger charge is 2.27. The Hall–Kier alpha value is -4.37. The molecule has 0 bridgehead atoms. The smallest absolute Gasteiger partial charge is 0.254 e. The lowest BCUT2D eigenvalue weighted by Gasteiger charge is -2.34. The summed E-state index contributed by atoms with van der Waals surface area (Å²) in [7, 11) is 6.11. The van der Waals surface area contributed by atoms with E-state index in [9.17, 15) is 9.59 Å². The number of carbonyl (C=O) groups is 2. The summed E-state index contributed by atoms with van der Waals surface area (Å²) in [5.74, 6) is 2.08. The van der Waals surface area contributed by atoms with Crippen LogP contribution in [0.25, 0.3) is 5.57 Å². The molecular formula is C33H37ClN2O7. The van der Waals surface area contributed by atoms with Crippen molar-refractivity contribution in [1.82, 2.24) is 9.80 Å². The zero-order chi connectivity index (χ0) is 30.9. The molecule has 4 rings (SSSR count). The van der Waals surface area contributed by atoms with Crippen LogP contribution in [0.3, 0.4) is 0 Å². The zero-order valence-corrected chi connectivity index (χ0v) is 25.9. The molecule has 1 heterocycles. The fourth-order valence-electron chi connectivity index (χ4n) is 4.89. The Balaban J connectivity index is 1.55. The Morgan fingerprint density at radius 2 is 1.35 bits per heavy atom. The average molecular weight is 609 g/mol. The highest BCUT2D eigenvalue weighted by atomic mass is 35.5. The maximum absolute atomic E-state index is 13.6. The van der Waals surface area contributed by atoms with E-state index in [-0.39, 0.29) is 11.8 Å². The Bertz CT molecular complexity index is 1460. The van der Waals surface area contributed by atoms with Crippen molar-refractivity contribution in [3.8, 4) is 28.7 Å². The Kier molecular flexibility index (Phi) is 10.8. The van der Waals surface area contributed by atoms with Crippen LogP contribution in [0, 0.1) is 0 Å². The summed E-state index contributed by atoms with van der Waals surface area (Å²) in [4.78, 5) is 30.4. The lowest BCUT2D eigenvalue weighted by molar-refractivity contribution is -0.127.